The number of amides is 2. The van der Waals surface area contributed by atoms with Gasteiger partial charge < -0.3 is 14.7 Å². The quantitative estimate of drug-likeness (QED) is 0.644. The summed E-state index contributed by atoms with van der Waals surface area (Å²) >= 11 is 1.56. The number of halogens is 1. The summed E-state index contributed by atoms with van der Waals surface area (Å²) in [6, 6.07) is 7.32. The van der Waals surface area contributed by atoms with Gasteiger partial charge in [0.15, 0.2) is 0 Å². The Morgan fingerprint density at radius 2 is 2.06 bits per heavy atom. The van der Waals surface area contributed by atoms with E-state index >= 15 is 0 Å². The summed E-state index contributed by atoms with van der Waals surface area (Å²) < 4.78 is 18.5. The number of thiophene rings is 1. The Bertz CT molecular complexity index is 1190. The third-order valence-electron chi connectivity index (χ3n) is 6.51. The molecule has 7 nitrogen and oxygen atoms in total. The first kappa shape index (κ1) is 20.8. The smallest absolute Gasteiger partial charge is 0.296 e. The van der Waals surface area contributed by atoms with Gasteiger partial charge in [0.2, 0.25) is 5.91 Å². The average Bonchev–Trinajstić information content (AvgIpc) is 3.08. The number of aryl methyl sites for hydroxylation is 1. The molecule has 1 aromatic carbocycles. The lowest BCUT2D eigenvalue weighted by Crippen LogP contribution is -2.61. The number of nitrogens with one attached hydrogen (secondary N) is 1. The van der Waals surface area contributed by atoms with Crippen molar-refractivity contribution in [1.29, 1.82) is 0 Å². The molecule has 32 heavy (non-hydrogen) atoms. The highest BCUT2D eigenvalue weighted by Gasteiger charge is 2.68. The van der Waals surface area contributed by atoms with E-state index in [1.165, 1.54) is 24.3 Å². The number of rotatable bonds is 4. The zero-order valence-electron chi connectivity index (χ0n) is 18.0. The number of hydrogen-bond acceptors (Lipinski definition) is 6. The Balaban J connectivity index is 1.48. The molecule has 2 aliphatic rings. The summed E-state index contributed by atoms with van der Waals surface area (Å²) in [5, 5.41) is 9.01. The van der Waals surface area contributed by atoms with Gasteiger partial charge in [-0.3, -0.25) is 9.59 Å². The molecule has 0 radical (unpaired) electrons. The van der Waals surface area contributed by atoms with Gasteiger partial charge in [-0.25, -0.2) is 4.39 Å². The molecule has 3 atom stereocenters. The van der Waals surface area contributed by atoms with Crippen molar-refractivity contribution in [3.63, 3.8) is 0 Å². The number of piperazine rings is 1. The highest BCUT2D eigenvalue weighted by Crippen LogP contribution is 2.55. The Hall–Kier alpha value is -3.07. The first-order valence-corrected chi connectivity index (χ1v) is 11.5. The van der Waals surface area contributed by atoms with Crippen LogP contribution in [0.4, 0.5) is 4.39 Å². The summed E-state index contributed by atoms with van der Waals surface area (Å²) in [6.45, 7) is 6.46. The lowest BCUT2D eigenvalue weighted by atomic mass is 9.97. The van der Waals surface area contributed by atoms with Crippen LogP contribution in [0, 0.1) is 24.6 Å². The minimum absolute atomic E-state index is 0.0697. The summed E-state index contributed by atoms with van der Waals surface area (Å²) in [4.78, 5) is 33.8. The van der Waals surface area contributed by atoms with Gasteiger partial charge in [0.25, 0.3) is 17.6 Å². The van der Waals surface area contributed by atoms with E-state index in [4.69, 9.17) is 4.52 Å². The van der Waals surface area contributed by atoms with E-state index in [-0.39, 0.29) is 41.3 Å². The molecule has 1 saturated heterocycles. The minimum Gasteiger partial charge on any atom is -0.345 e. The second kappa shape index (κ2) is 7.51. The van der Waals surface area contributed by atoms with Gasteiger partial charge in [0.05, 0.1) is 6.04 Å². The summed E-state index contributed by atoms with van der Waals surface area (Å²) in [7, 11) is 0. The molecule has 1 N–H and O–H groups in total. The molecule has 1 aliphatic heterocycles. The molecule has 1 spiro atoms. The second-order valence-electron chi connectivity index (χ2n) is 8.82. The summed E-state index contributed by atoms with van der Waals surface area (Å²) in [5.41, 5.74) is 0.712. The Kier molecular flexibility index (Phi) is 4.88. The van der Waals surface area contributed by atoms with Crippen LogP contribution < -0.4 is 5.32 Å². The van der Waals surface area contributed by atoms with Gasteiger partial charge in [0.1, 0.15) is 11.4 Å². The van der Waals surface area contributed by atoms with E-state index in [2.05, 4.69) is 29.3 Å². The van der Waals surface area contributed by atoms with Crippen LogP contribution in [-0.4, -0.2) is 38.9 Å². The Morgan fingerprint density at radius 3 is 2.69 bits per heavy atom. The molecule has 3 aromatic rings. The van der Waals surface area contributed by atoms with Gasteiger partial charge in [0, 0.05) is 17.0 Å². The van der Waals surface area contributed by atoms with Crippen LogP contribution in [0.15, 0.2) is 40.2 Å². The summed E-state index contributed by atoms with van der Waals surface area (Å²) in [6.07, 6.45) is 0.612. The number of aromatic nitrogens is 2. The third kappa shape index (κ3) is 3.23. The SMILES string of the molecule is Cc1ccsc1[C@H]1CN(C(=O)c2noc(-c3ccc(F)cc3)n2)C2(CC2C(C)C)C(=O)N1. The van der Waals surface area contributed by atoms with Gasteiger partial charge in [-0.15, -0.1) is 11.3 Å². The van der Waals surface area contributed by atoms with Gasteiger partial charge in [-0.05, 0) is 66.5 Å². The van der Waals surface area contributed by atoms with E-state index in [0.717, 1.165) is 10.4 Å². The van der Waals surface area contributed by atoms with Crippen molar-refractivity contribution in [2.24, 2.45) is 11.8 Å². The van der Waals surface area contributed by atoms with Gasteiger partial charge >= 0.3 is 0 Å². The number of benzene rings is 1. The van der Waals surface area contributed by atoms with E-state index < -0.39 is 11.4 Å². The van der Waals surface area contributed by atoms with Crippen LogP contribution in [0.1, 0.15) is 47.4 Å². The number of carbonyl (C=O) groups excluding carboxylic acids is 2. The minimum atomic E-state index is -0.885. The number of nitrogens with zero attached hydrogens (tertiary/aromatic N) is 3. The standard InChI is InChI=1S/C23H23FN4O3S/c1-12(2)16-10-23(16)22(30)25-17(18-13(3)8-9-32-18)11-28(23)21(29)19-26-20(31-27-19)14-4-6-15(24)7-5-14/h4-9,12,16-17H,10-11H2,1-3H3,(H,25,30)/t16?,17-,23?/m1/s1. The fourth-order valence-corrected chi connectivity index (χ4v) is 5.70. The molecule has 2 fully saturated rings. The van der Waals surface area contributed by atoms with Crippen LogP contribution >= 0.6 is 11.3 Å². The molecule has 1 saturated carbocycles. The van der Waals surface area contributed by atoms with Crippen molar-refractivity contribution in [3.05, 3.63) is 57.8 Å². The molecule has 2 aromatic heterocycles. The van der Waals surface area contributed by atoms with Crippen molar-refractivity contribution >= 4 is 23.2 Å². The largest absolute Gasteiger partial charge is 0.345 e. The topological polar surface area (TPSA) is 88.3 Å². The van der Waals surface area contributed by atoms with E-state index in [1.54, 1.807) is 16.2 Å². The fraction of sp³-hybridized carbons (Fsp3) is 0.391. The zero-order chi connectivity index (χ0) is 22.6. The highest BCUT2D eigenvalue weighted by atomic mass is 32.1. The second-order valence-corrected chi connectivity index (χ2v) is 9.77. The Morgan fingerprint density at radius 1 is 1.31 bits per heavy atom. The molecule has 1 aliphatic carbocycles. The molecule has 3 heterocycles. The van der Waals surface area contributed by atoms with Crippen LogP contribution in [0.2, 0.25) is 0 Å². The maximum Gasteiger partial charge on any atom is 0.296 e. The van der Waals surface area contributed by atoms with E-state index in [9.17, 15) is 14.0 Å². The molecular formula is C23H23FN4O3S. The molecule has 166 valence electrons. The van der Waals surface area contributed by atoms with Gasteiger partial charge in [-0.2, -0.15) is 4.98 Å². The van der Waals surface area contributed by atoms with Crippen molar-refractivity contribution in [3.8, 4) is 11.5 Å². The fourth-order valence-electron chi connectivity index (χ4n) is 4.73. The molecule has 5 rings (SSSR count). The van der Waals surface area contributed by atoms with Gasteiger partial charge in [-0.1, -0.05) is 19.0 Å². The Labute approximate surface area is 188 Å². The van der Waals surface area contributed by atoms with E-state index in [1.807, 2.05) is 18.4 Å². The van der Waals surface area contributed by atoms with Crippen molar-refractivity contribution < 1.29 is 18.5 Å². The number of hydrogen-bond donors (Lipinski definition) is 1. The molecule has 9 heteroatoms. The average molecular weight is 455 g/mol. The third-order valence-corrected chi connectivity index (χ3v) is 7.64. The maximum absolute atomic E-state index is 13.6. The monoisotopic (exact) mass is 454 g/mol. The predicted molar refractivity (Wildman–Crippen MR) is 116 cm³/mol. The van der Waals surface area contributed by atoms with Crippen LogP contribution in [-0.2, 0) is 4.79 Å². The predicted octanol–water partition coefficient (Wildman–Crippen LogP) is 3.97. The van der Waals surface area contributed by atoms with Crippen molar-refractivity contribution in [2.45, 2.75) is 38.8 Å². The van der Waals surface area contributed by atoms with Crippen molar-refractivity contribution in [2.75, 3.05) is 6.54 Å². The van der Waals surface area contributed by atoms with Crippen molar-refractivity contribution in [1.82, 2.24) is 20.4 Å². The lowest BCUT2D eigenvalue weighted by molar-refractivity contribution is -0.132. The first-order valence-electron chi connectivity index (χ1n) is 10.6. The molecular weight excluding hydrogens is 431 g/mol. The lowest BCUT2D eigenvalue weighted by Gasteiger charge is -2.40. The first-order chi connectivity index (χ1) is 15.3. The highest BCUT2D eigenvalue weighted by molar-refractivity contribution is 7.10. The number of carbonyl (C=O) groups is 2. The molecule has 0 bridgehead atoms. The summed E-state index contributed by atoms with van der Waals surface area (Å²) in [5.74, 6) is -0.596. The van der Waals surface area contributed by atoms with E-state index in [0.29, 0.717) is 18.5 Å². The molecule has 2 amide bonds. The zero-order valence-corrected chi connectivity index (χ0v) is 18.8. The maximum atomic E-state index is 13.6. The molecule has 2 unspecified atom stereocenters. The van der Waals surface area contributed by atoms with Crippen LogP contribution in [0.25, 0.3) is 11.5 Å². The van der Waals surface area contributed by atoms with Crippen LogP contribution in [0.5, 0.6) is 0 Å². The normalized spacial score (nSPS) is 24.8. The van der Waals surface area contributed by atoms with Crippen LogP contribution in [0.3, 0.4) is 0 Å².